The first-order valence-corrected chi connectivity index (χ1v) is 10.8. The summed E-state index contributed by atoms with van der Waals surface area (Å²) in [7, 11) is 1.74. The first-order chi connectivity index (χ1) is 14.8. The standard InChI is InChI=1S/C23H30F2N4O3/c1-15(21-9-22(10-21,11-21)28(5)19(30)32-20(2,3)4)23(31,12-29-14-26-13-27-29)17-7-6-16(24)8-18(17)25/h6-8,13-15,31H,9-12H2,1-5H3. The van der Waals surface area contributed by atoms with E-state index >= 15 is 0 Å². The van der Waals surface area contributed by atoms with E-state index in [9.17, 15) is 18.7 Å². The summed E-state index contributed by atoms with van der Waals surface area (Å²) in [6.45, 7) is 7.34. The highest BCUT2D eigenvalue weighted by Crippen LogP contribution is 2.74. The number of halogens is 2. The van der Waals surface area contributed by atoms with Gasteiger partial charge in [-0.3, -0.25) is 0 Å². The molecule has 0 aliphatic heterocycles. The number of amides is 1. The van der Waals surface area contributed by atoms with E-state index in [1.807, 2.05) is 27.7 Å². The average molecular weight is 449 g/mol. The van der Waals surface area contributed by atoms with Gasteiger partial charge in [-0.1, -0.05) is 13.0 Å². The molecule has 0 spiro atoms. The van der Waals surface area contributed by atoms with Gasteiger partial charge in [0, 0.05) is 24.2 Å². The van der Waals surface area contributed by atoms with Crippen molar-refractivity contribution in [1.82, 2.24) is 19.7 Å². The molecule has 2 unspecified atom stereocenters. The van der Waals surface area contributed by atoms with Crippen LogP contribution in [-0.4, -0.2) is 49.1 Å². The molecule has 0 saturated heterocycles. The van der Waals surface area contributed by atoms with Gasteiger partial charge in [-0.15, -0.1) is 0 Å². The summed E-state index contributed by atoms with van der Waals surface area (Å²) in [5.41, 5.74) is -2.78. The molecule has 2 aromatic rings. The van der Waals surface area contributed by atoms with Crippen LogP contribution in [0.2, 0.25) is 0 Å². The first kappa shape index (κ1) is 22.6. The van der Waals surface area contributed by atoms with Crippen LogP contribution in [0.5, 0.6) is 0 Å². The first-order valence-electron chi connectivity index (χ1n) is 10.8. The lowest BCUT2D eigenvalue weighted by Gasteiger charge is -2.76. The maximum atomic E-state index is 14.8. The fourth-order valence-corrected chi connectivity index (χ4v) is 5.51. The molecule has 1 N–H and O–H groups in total. The van der Waals surface area contributed by atoms with Gasteiger partial charge in [-0.2, -0.15) is 5.10 Å². The van der Waals surface area contributed by atoms with Crippen molar-refractivity contribution in [2.75, 3.05) is 7.05 Å². The van der Waals surface area contributed by atoms with Gasteiger partial charge < -0.3 is 14.7 Å². The maximum absolute atomic E-state index is 14.8. The largest absolute Gasteiger partial charge is 0.444 e. The zero-order valence-corrected chi connectivity index (χ0v) is 19.1. The molecule has 1 heterocycles. The molecule has 32 heavy (non-hydrogen) atoms. The molecule has 5 rings (SSSR count). The van der Waals surface area contributed by atoms with Crippen molar-refractivity contribution in [3.63, 3.8) is 0 Å². The van der Waals surface area contributed by atoms with Gasteiger partial charge in [0.1, 0.15) is 35.5 Å². The molecule has 1 aromatic carbocycles. The normalized spacial score (nSPS) is 27.0. The Morgan fingerprint density at radius 3 is 2.50 bits per heavy atom. The minimum absolute atomic E-state index is 0.0205. The average Bonchev–Trinajstić information content (AvgIpc) is 3.10. The molecule has 1 amide bonds. The predicted molar refractivity (Wildman–Crippen MR) is 112 cm³/mol. The van der Waals surface area contributed by atoms with Crippen LogP contribution in [-0.2, 0) is 16.9 Å². The van der Waals surface area contributed by atoms with Gasteiger partial charge >= 0.3 is 6.09 Å². The molecule has 3 aliphatic carbocycles. The Balaban J connectivity index is 1.57. The van der Waals surface area contributed by atoms with E-state index in [4.69, 9.17) is 4.74 Å². The van der Waals surface area contributed by atoms with Crippen LogP contribution in [0.3, 0.4) is 0 Å². The summed E-state index contributed by atoms with van der Waals surface area (Å²) in [4.78, 5) is 18.1. The van der Waals surface area contributed by atoms with E-state index in [-0.39, 0.29) is 35.1 Å². The number of hydrogen-bond acceptors (Lipinski definition) is 5. The Labute approximate surface area is 186 Å². The van der Waals surface area contributed by atoms with E-state index in [0.717, 1.165) is 12.1 Å². The topological polar surface area (TPSA) is 80.5 Å². The zero-order chi connectivity index (χ0) is 23.5. The van der Waals surface area contributed by atoms with Crippen molar-refractivity contribution in [1.29, 1.82) is 0 Å². The SMILES string of the molecule is CC(C12CC(N(C)C(=O)OC(C)(C)C)(C1)C2)C(O)(Cn1cncn1)c1ccc(F)cc1F. The monoisotopic (exact) mass is 448 g/mol. The lowest BCUT2D eigenvalue weighted by molar-refractivity contribution is -0.265. The number of benzene rings is 1. The van der Waals surface area contributed by atoms with Crippen LogP contribution in [0.4, 0.5) is 13.6 Å². The van der Waals surface area contributed by atoms with Crippen LogP contribution in [0, 0.1) is 23.0 Å². The fraction of sp³-hybridized carbons (Fsp3) is 0.609. The Hall–Kier alpha value is -2.55. The van der Waals surface area contributed by atoms with Gasteiger partial charge in [0.15, 0.2) is 0 Å². The molecular formula is C23H30F2N4O3. The van der Waals surface area contributed by atoms with Crippen LogP contribution in [0.15, 0.2) is 30.9 Å². The molecule has 3 fully saturated rings. The predicted octanol–water partition coefficient (Wildman–Crippen LogP) is 3.87. The number of rotatable bonds is 6. The third-order valence-electron chi connectivity index (χ3n) is 7.32. The van der Waals surface area contributed by atoms with E-state index in [1.165, 1.54) is 23.4 Å². The lowest BCUT2D eigenvalue weighted by atomic mass is 9.34. The van der Waals surface area contributed by atoms with E-state index in [0.29, 0.717) is 19.3 Å². The van der Waals surface area contributed by atoms with Crippen molar-refractivity contribution >= 4 is 6.09 Å². The number of carbonyl (C=O) groups is 1. The Kier molecular flexibility index (Phi) is 5.11. The number of ether oxygens (including phenoxy) is 1. The van der Waals surface area contributed by atoms with Crippen LogP contribution < -0.4 is 0 Å². The second-order valence-electron chi connectivity index (χ2n) is 10.5. The number of aliphatic hydroxyl groups is 1. The van der Waals surface area contributed by atoms with E-state index in [2.05, 4.69) is 10.1 Å². The zero-order valence-electron chi connectivity index (χ0n) is 19.1. The summed E-state index contributed by atoms with van der Waals surface area (Å²) >= 11 is 0. The van der Waals surface area contributed by atoms with Crippen LogP contribution in [0.25, 0.3) is 0 Å². The highest BCUT2D eigenvalue weighted by molar-refractivity contribution is 5.70. The van der Waals surface area contributed by atoms with Gasteiger partial charge in [0.25, 0.3) is 0 Å². The van der Waals surface area contributed by atoms with Gasteiger partial charge in [0.2, 0.25) is 0 Å². The Morgan fingerprint density at radius 1 is 1.31 bits per heavy atom. The number of hydrogen-bond donors (Lipinski definition) is 1. The minimum Gasteiger partial charge on any atom is -0.444 e. The molecule has 2 bridgehead atoms. The molecule has 1 aromatic heterocycles. The highest BCUT2D eigenvalue weighted by atomic mass is 19.1. The molecule has 3 aliphatic rings. The molecule has 174 valence electrons. The lowest BCUT2D eigenvalue weighted by Crippen LogP contribution is -2.78. The van der Waals surface area contributed by atoms with Crippen molar-refractivity contribution in [2.24, 2.45) is 11.3 Å². The number of aromatic nitrogens is 3. The number of nitrogens with zero attached hydrogens (tertiary/aromatic N) is 4. The van der Waals surface area contributed by atoms with Crippen LogP contribution in [0.1, 0.15) is 52.5 Å². The molecular weight excluding hydrogens is 418 g/mol. The number of carbonyl (C=O) groups excluding carboxylic acids is 1. The minimum atomic E-state index is -1.64. The maximum Gasteiger partial charge on any atom is 0.410 e. The van der Waals surface area contributed by atoms with Crippen LogP contribution >= 0.6 is 0 Å². The third-order valence-corrected chi connectivity index (χ3v) is 7.32. The van der Waals surface area contributed by atoms with Crippen molar-refractivity contribution < 1.29 is 23.4 Å². The smallest absolute Gasteiger partial charge is 0.410 e. The molecule has 3 saturated carbocycles. The fourth-order valence-electron chi connectivity index (χ4n) is 5.51. The van der Waals surface area contributed by atoms with Gasteiger partial charge in [0.05, 0.1) is 6.54 Å². The van der Waals surface area contributed by atoms with E-state index in [1.54, 1.807) is 11.9 Å². The molecule has 2 atom stereocenters. The summed E-state index contributed by atoms with van der Waals surface area (Å²) < 4.78 is 35.3. The van der Waals surface area contributed by atoms with Gasteiger partial charge in [-0.05, 0) is 57.4 Å². The Morgan fingerprint density at radius 2 is 1.97 bits per heavy atom. The molecule has 0 radical (unpaired) electrons. The third kappa shape index (κ3) is 3.56. The summed E-state index contributed by atoms with van der Waals surface area (Å²) in [6, 6.07) is 3.23. The second-order valence-corrected chi connectivity index (χ2v) is 10.5. The Bertz CT molecular complexity index is 1000. The van der Waals surface area contributed by atoms with Gasteiger partial charge in [-0.25, -0.2) is 23.2 Å². The second kappa shape index (κ2) is 7.23. The summed E-state index contributed by atoms with van der Waals surface area (Å²) in [5.74, 6) is -1.88. The quantitative estimate of drug-likeness (QED) is 0.726. The highest BCUT2D eigenvalue weighted by Gasteiger charge is 2.74. The summed E-state index contributed by atoms with van der Waals surface area (Å²) in [5, 5.41) is 15.9. The van der Waals surface area contributed by atoms with Crippen molar-refractivity contribution in [2.45, 2.75) is 70.2 Å². The molecule has 7 nitrogen and oxygen atoms in total. The summed E-state index contributed by atoms with van der Waals surface area (Å²) in [6.07, 6.45) is 4.47. The van der Waals surface area contributed by atoms with Crippen molar-refractivity contribution in [3.05, 3.63) is 48.1 Å². The van der Waals surface area contributed by atoms with Crippen molar-refractivity contribution in [3.8, 4) is 0 Å². The van der Waals surface area contributed by atoms with E-state index < -0.39 is 22.8 Å². The molecule has 9 heteroatoms.